The van der Waals surface area contributed by atoms with Crippen LogP contribution < -0.4 is 4.74 Å². The molecule has 0 bridgehead atoms. The van der Waals surface area contributed by atoms with Gasteiger partial charge in [-0.3, -0.25) is 4.57 Å². The third-order valence-electron chi connectivity index (χ3n) is 4.34. The smallest absolute Gasteiger partial charge is 0.362 e. The molecule has 0 fully saturated rings. The van der Waals surface area contributed by atoms with E-state index in [0.717, 1.165) is 22.3 Å². The molecule has 28 heavy (non-hydrogen) atoms. The molecule has 0 spiro atoms. The van der Waals surface area contributed by atoms with Crippen molar-refractivity contribution in [3.8, 4) is 5.75 Å². The van der Waals surface area contributed by atoms with Gasteiger partial charge in [0.05, 0.1) is 4.90 Å². The highest BCUT2D eigenvalue weighted by molar-refractivity contribution is 7.92. The van der Waals surface area contributed by atoms with Crippen LogP contribution in [0.5, 0.6) is 5.75 Å². The van der Waals surface area contributed by atoms with Crippen LogP contribution in [-0.2, 0) is 20.8 Å². The van der Waals surface area contributed by atoms with Crippen molar-refractivity contribution in [2.45, 2.75) is 43.9 Å². The average molecular weight is 428 g/mol. The molecule has 2 aromatic rings. The van der Waals surface area contributed by atoms with Crippen LogP contribution in [0.1, 0.15) is 36.1 Å². The van der Waals surface area contributed by atoms with Crippen LogP contribution in [-0.4, -0.2) is 34.6 Å². The highest BCUT2D eigenvalue weighted by atomic mass is 32.2. The van der Waals surface area contributed by atoms with Crippen molar-refractivity contribution in [1.29, 1.82) is 0 Å². The van der Waals surface area contributed by atoms with E-state index in [2.05, 4.69) is 0 Å². The van der Waals surface area contributed by atoms with Gasteiger partial charge >= 0.3 is 7.60 Å². The Morgan fingerprint density at radius 3 is 1.96 bits per heavy atom. The number of rotatable bonds is 7. The predicted octanol–water partition coefficient (Wildman–Crippen LogP) is 2.91. The van der Waals surface area contributed by atoms with Gasteiger partial charge in [-0.05, 0) is 80.6 Å². The van der Waals surface area contributed by atoms with E-state index < -0.39 is 28.7 Å². The van der Waals surface area contributed by atoms with Crippen molar-refractivity contribution < 1.29 is 32.6 Å². The highest BCUT2D eigenvalue weighted by Gasteiger charge is 2.33. The first-order chi connectivity index (χ1) is 12.7. The predicted molar refractivity (Wildman–Crippen MR) is 106 cm³/mol. The van der Waals surface area contributed by atoms with Crippen LogP contribution in [0, 0.1) is 13.8 Å². The quantitative estimate of drug-likeness (QED) is 0.580. The second-order valence-corrected chi connectivity index (χ2v) is 11.3. The maximum atomic E-state index is 12.3. The molecular weight excluding hydrogens is 403 g/mol. The number of hydrogen-bond donors (Lipinski definition) is 3. The molecule has 0 aliphatic heterocycles. The fourth-order valence-corrected chi connectivity index (χ4v) is 4.14. The molecule has 0 atom stereocenters. The lowest BCUT2D eigenvalue weighted by Crippen LogP contribution is -2.31. The number of sulfone groups is 1. The van der Waals surface area contributed by atoms with Crippen LogP contribution in [0.25, 0.3) is 0 Å². The summed E-state index contributed by atoms with van der Waals surface area (Å²) in [4.78, 5) is 16.0. The lowest BCUT2D eigenvalue weighted by molar-refractivity contribution is 0.165. The summed E-state index contributed by atoms with van der Waals surface area (Å²) in [6.45, 7) is 6.22. The van der Waals surface area contributed by atoms with Crippen LogP contribution in [0.2, 0.25) is 0 Å². The van der Waals surface area contributed by atoms with Gasteiger partial charge in [0.2, 0.25) is 9.84 Å². The first-order valence-corrected chi connectivity index (χ1v) is 11.8. The lowest BCUT2D eigenvalue weighted by Gasteiger charge is -2.18. The number of benzene rings is 2. The Labute approximate surface area is 165 Å². The topological polar surface area (TPSA) is 121 Å². The van der Waals surface area contributed by atoms with E-state index >= 15 is 0 Å². The van der Waals surface area contributed by atoms with Crippen LogP contribution in [0.15, 0.2) is 41.3 Å². The van der Waals surface area contributed by atoms with Crippen molar-refractivity contribution in [2.24, 2.45) is 0 Å². The second-order valence-electron chi connectivity index (χ2n) is 7.24. The molecule has 0 saturated heterocycles. The molecule has 0 saturated carbocycles. The Morgan fingerprint density at radius 2 is 1.54 bits per heavy atom. The Morgan fingerprint density at radius 1 is 1.04 bits per heavy atom. The molecule has 2 rings (SSSR count). The van der Waals surface area contributed by atoms with Gasteiger partial charge in [-0.2, -0.15) is 0 Å². The van der Waals surface area contributed by atoms with Crippen molar-refractivity contribution >= 4 is 17.4 Å². The molecule has 0 heterocycles. The maximum Gasteiger partial charge on any atom is 0.362 e. The molecule has 0 unspecified atom stereocenters. The number of hydrogen-bond acceptors (Lipinski definition) is 5. The molecule has 0 aliphatic carbocycles. The van der Waals surface area contributed by atoms with E-state index in [0.29, 0.717) is 12.2 Å². The zero-order valence-corrected chi connectivity index (χ0v) is 17.9. The Balaban J connectivity index is 2.23. The minimum atomic E-state index is -4.25. The lowest BCUT2D eigenvalue weighted by atomic mass is 9.96. The van der Waals surface area contributed by atoms with E-state index in [1.54, 1.807) is 24.3 Å². The molecule has 7 nitrogen and oxygen atoms in total. The number of aliphatic hydroxyl groups is 1. The van der Waals surface area contributed by atoms with E-state index in [-0.39, 0.29) is 4.90 Å². The zero-order valence-electron chi connectivity index (χ0n) is 16.2. The van der Waals surface area contributed by atoms with Gasteiger partial charge < -0.3 is 19.6 Å². The second kappa shape index (κ2) is 7.97. The summed E-state index contributed by atoms with van der Waals surface area (Å²) in [5, 5.41) is 9.85. The summed E-state index contributed by atoms with van der Waals surface area (Å²) in [7, 11) is -8.08. The largest absolute Gasteiger partial charge is 0.481 e. The third-order valence-corrected chi connectivity index (χ3v) is 7.01. The molecular formula is C19H25O7PS. The normalized spacial score (nSPS) is 12.8. The standard InChI is InChI=1S/C19H25O7PS/c1-13-9-16(26-12-27(21,22)23)10-14(2)18(13)11-15-5-7-17(8-6-15)28(24,25)19(3,4)20/h5-10,20H,11-12H2,1-4H3,(H2,21,22,23). The van der Waals surface area contributed by atoms with Crippen molar-refractivity contribution in [3.05, 3.63) is 58.7 Å². The first kappa shape index (κ1) is 22.6. The molecule has 2 aromatic carbocycles. The van der Waals surface area contributed by atoms with Gasteiger partial charge in [-0.1, -0.05) is 12.1 Å². The van der Waals surface area contributed by atoms with Crippen molar-refractivity contribution in [3.63, 3.8) is 0 Å². The highest BCUT2D eigenvalue weighted by Crippen LogP contribution is 2.35. The zero-order chi connectivity index (χ0) is 21.3. The minimum Gasteiger partial charge on any atom is -0.481 e. The number of ether oxygens (including phenoxy) is 1. The fourth-order valence-electron chi connectivity index (χ4n) is 2.75. The Bertz CT molecular complexity index is 977. The molecule has 0 radical (unpaired) electrons. The molecule has 9 heteroatoms. The maximum absolute atomic E-state index is 12.3. The molecule has 0 aliphatic rings. The van der Waals surface area contributed by atoms with Gasteiger partial charge in [0.1, 0.15) is 5.75 Å². The average Bonchev–Trinajstić information content (AvgIpc) is 2.55. The van der Waals surface area contributed by atoms with E-state index in [9.17, 15) is 18.1 Å². The molecule has 3 N–H and O–H groups in total. The van der Waals surface area contributed by atoms with E-state index in [1.807, 2.05) is 13.8 Å². The number of aryl methyl sites for hydroxylation is 2. The van der Waals surface area contributed by atoms with Crippen molar-refractivity contribution in [2.75, 3.05) is 6.35 Å². The summed E-state index contributed by atoms with van der Waals surface area (Å²) in [5.41, 5.74) is 3.70. The summed E-state index contributed by atoms with van der Waals surface area (Å²) in [6, 6.07) is 9.79. The van der Waals surface area contributed by atoms with Gasteiger partial charge in [0.25, 0.3) is 0 Å². The van der Waals surface area contributed by atoms with Gasteiger partial charge in [-0.15, -0.1) is 0 Å². The molecule has 0 aromatic heterocycles. The van der Waals surface area contributed by atoms with Gasteiger partial charge in [-0.25, -0.2) is 8.42 Å². The summed E-state index contributed by atoms with van der Waals surface area (Å²) >= 11 is 0. The van der Waals surface area contributed by atoms with Crippen LogP contribution in [0.3, 0.4) is 0 Å². The first-order valence-electron chi connectivity index (χ1n) is 8.54. The van der Waals surface area contributed by atoms with Gasteiger partial charge in [0, 0.05) is 0 Å². The van der Waals surface area contributed by atoms with Crippen molar-refractivity contribution in [1.82, 2.24) is 0 Å². The molecule has 0 amide bonds. The Kier molecular flexibility index (Phi) is 6.43. The van der Waals surface area contributed by atoms with Crippen LogP contribution >= 0.6 is 7.60 Å². The minimum absolute atomic E-state index is 0.0541. The monoisotopic (exact) mass is 428 g/mol. The summed E-state index contributed by atoms with van der Waals surface area (Å²) in [5.74, 6) is 0.383. The Hall–Kier alpha value is -1.70. The summed E-state index contributed by atoms with van der Waals surface area (Å²) < 4.78 is 40.7. The van der Waals surface area contributed by atoms with E-state index in [4.69, 9.17) is 14.5 Å². The SMILES string of the molecule is Cc1cc(OCP(=O)(O)O)cc(C)c1Cc1ccc(S(=O)(=O)C(C)(C)O)cc1. The van der Waals surface area contributed by atoms with Crippen LogP contribution in [0.4, 0.5) is 0 Å². The fraction of sp³-hybridized carbons (Fsp3) is 0.368. The van der Waals surface area contributed by atoms with E-state index in [1.165, 1.54) is 26.0 Å². The third kappa shape index (κ3) is 5.43. The summed E-state index contributed by atoms with van der Waals surface area (Å²) in [6.07, 6.45) is -0.123. The molecule has 154 valence electrons. The van der Waals surface area contributed by atoms with Gasteiger partial charge in [0.15, 0.2) is 11.3 Å².